The third-order valence-electron chi connectivity index (χ3n) is 11.6. The van der Waals surface area contributed by atoms with Crippen LogP contribution in [0.25, 0.3) is 76.9 Å². The van der Waals surface area contributed by atoms with E-state index in [4.69, 9.17) is 19.1 Å². The zero-order valence-electron chi connectivity index (χ0n) is 28.3. The molecule has 1 aliphatic rings. The van der Waals surface area contributed by atoms with E-state index in [-0.39, 0.29) is 31.9 Å². The Bertz CT molecular complexity index is 3090. The molecule has 51 heavy (non-hydrogen) atoms. The molecule has 248 valence electrons. The largest absolute Gasteiger partial charge is 2.00 e. The van der Waals surface area contributed by atoms with Gasteiger partial charge in [-0.2, -0.15) is 6.07 Å². The minimum Gasteiger partial charge on any atom is -0.503 e. The Morgan fingerprint density at radius 1 is 0.667 bits per heavy atom. The molecule has 0 fully saturated rings. The number of furan rings is 1. The second kappa shape index (κ2) is 10.3. The SMILES string of the molecule is CC1(C)c2cccc3c4ccc(Oc5[c-]c6c(cc5)c5ccccc5n6-c5nccc6oc7ccccc7c56)[c-]c4c4ncc(n4c23)C1(C)C.[Pt+2]. The van der Waals surface area contributed by atoms with Crippen molar-refractivity contribution < 1.29 is 30.2 Å². The molecule has 11 rings (SSSR count). The Hall–Kier alpha value is -5.45. The van der Waals surface area contributed by atoms with Gasteiger partial charge in [-0.25, -0.2) is 4.98 Å². The molecular formula is C44H30N4O2Pt. The molecule has 6 nitrogen and oxygen atoms in total. The maximum Gasteiger partial charge on any atom is 2.00 e. The Morgan fingerprint density at radius 3 is 2.27 bits per heavy atom. The third-order valence-corrected chi connectivity index (χ3v) is 11.6. The number of fused-ring (bicyclic) bond motifs is 9. The van der Waals surface area contributed by atoms with Gasteiger partial charge in [0.1, 0.15) is 17.0 Å². The van der Waals surface area contributed by atoms with Crippen LogP contribution in [0.15, 0.2) is 114 Å². The number of hydrogen-bond acceptors (Lipinski definition) is 4. The van der Waals surface area contributed by atoms with Crippen molar-refractivity contribution in [2.45, 2.75) is 38.5 Å². The van der Waals surface area contributed by atoms with E-state index in [1.165, 1.54) is 22.2 Å². The number of hydrogen-bond donors (Lipinski definition) is 0. The van der Waals surface area contributed by atoms with Gasteiger partial charge >= 0.3 is 21.1 Å². The minimum atomic E-state index is -0.125. The van der Waals surface area contributed by atoms with Crippen molar-refractivity contribution in [1.29, 1.82) is 0 Å². The van der Waals surface area contributed by atoms with Crippen molar-refractivity contribution >= 4 is 71.1 Å². The van der Waals surface area contributed by atoms with Gasteiger partial charge in [-0.05, 0) is 34.5 Å². The molecule has 0 N–H and O–H groups in total. The van der Waals surface area contributed by atoms with E-state index in [0.29, 0.717) is 11.5 Å². The zero-order chi connectivity index (χ0) is 33.5. The Morgan fingerprint density at radius 2 is 1.41 bits per heavy atom. The van der Waals surface area contributed by atoms with E-state index in [2.05, 4.69) is 109 Å². The van der Waals surface area contributed by atoms with Crippen LogP contribution in [0.2, 0.25) is 0 Å². The molecule has 5 aromatic heterocycles. The van der Waals surface area contributed by atoms with Gasteiger partial charge in [0, 0.05) is 56.8 Å². The van der Waals surface area contributed by atoms with Crippen LogP contribution in [0.4, 0.5) is 0 Å². The number of para-hydroxylation sites is 3. The van der Waals surface area contributed by atoms with Crippen LogP contribution in [0.1, 0.15) is 39.0 Å². The molecule has 0 saturated heterocycles. The summed E-state index contributed by atoms with van der Waals surface area (Å²) in [5, 5.41) is 7.41. The quantitative estimate of drug-likeness (QED) is 0.131. The molecule has 0 radical (unpaired) electrons. The standard InChI is InChI=1S/C44H30N4O2.Pt/c1-43(2)33-13-9-12-30-27-18-16-25(22-32(27)41-46-24-38(44(43,3)4)48(41)40(30)33)49-26-17-19-29-28-10-5-7-14-34(28)47(35(29)23-26)42-39-31-11-6-8-15-36(31)50-37(39)20-21-45-42;/h5-21,24H,1-4H3;/q-2;+2. The predicted molar refractivity (Wildman–Crippen MR) is 200 cm³/mol. The fourth-order valence-corrected chi connectivity index (χ4v) is 8.39. The fourth-order valence-electron chi connectivity index (χ4n) is 8.39. The maximum atomic E-state index is 6.60. The van der Waals surface area contributed by atoms with E-state index in [1.807, 2.05) is 42.6 Å². The van der Waals surface area contributed by atoms with Crippen LogP contribution in [0, 0.1) is 12.1 Å². The molecule has 1 aliphatic heterocycles. The number of rotatable bonds is 3. The summed E-state index contributed by atoms with van der Waals surface area (Å²) in [5.41, 5.74) is 8.02. The average molecular weight is 842 g/mol. The van der Waals surface area contributed by atoms with Gasteiger partial charge in [-0.3, -0.25) is 4.98 Å². The molecule has 0 aliphatic carbocycles. The third kappa shape index (κ3) is 3.86. The molecule has 0 spiro atoms. The van der Waals surface area contributed by atoms with Crippen molar-refractivity contribution in [2.24, 2.45) is 0 Å². The smallest absolute Gasteiger partial charge is 0.503 e. The topological polar surface area (TPSA) is 57.5 Å². The van der Waals surface area contributed by atoms with Gasteiger partial charge < -0.3 is 18.1 Å². The first-order chi connectivity index (χ1) is 24.3. The van der Waals surface area contributed by atoms with Gasteiger partial charge in [-0.15, -0.1) is 29.7 Å². The molecule has 10 aromatic rings. The van der Waals surface area contributed by atoms with Crippen LogP contribution in [-0.2, 0) is 31.9 Å². The van der Waals surface area contributed by atoms with Gasteiger partial charge in [0.15, 0.2) is 0 Å². The molecule has 6 heterocycles. The molecule has 5 aromatic carbocycles. The molecule has 0 atom stereocenters. The molecule has 0 amide bonds. The van der Waals surface area contributed by atoms with E-state index in [0.717, 1.165) is 66.0 Å². The van der Waals surface area contributed by atoms with Gasteiger partial charge in [0.05, 0.1) is 11.0 Å². The Labute approximate surface area is 307 Å². The first-order valence-electron chi connectivity index (χ1n) is 17.0. The summed E-state index contributed by atoms with van der Waals surface area (Å²) in [6.45, 7) is 9.33. The van der Waals surface area contributed by atoms with Gasteiger partial charge in [-0.1, -0.05) is 105 Å². The second-order valence-electron chi connectivity index (χ2n) is 14.5. The summed E-state index contributed by atoms with van der Waals surface area (Å²) < 4.78 is 17.4. The maximum absolute atomic E-state index is 6.60. The summed E-state index contributed by atoms with van der Waals surface area (Å²) in [4.78, 5) is 9.95. The van der Waals surface area contributed by atoms with Crippen molar-refractivity contribution in [2.75, 3.05) is 0 Å². The first kappa shape index (κ1) is 30.4. The van der Waals surface area contributed by atoms with E-state index in [9.17, 15) is 0 Å². The monoisotopic (exact) mass is 841 g/mol. The molecule has 0 unspecified atom stereocenters. The number of nitrogens with zero attached hydrogens (tertiary/aromatic N) is 4. The summed E-state index contributed by atoms with van der Waals surface area (Å²) in [6.07, 6.45) is 3.85. The van der Waals surface area contributed by atoms with Crippen LogP contribution >= 0.6 is 0 Å². The van der Waals surface area contributed by atoms with Crippen molar-refractivity contribution in [3.05, 3.63) is 133 Å². The molecule has 0 saturated carbocycles. The molecular weight excluding hydrogens is 812 g/mol. The van der Waals surface area contributed by atoms with E-state index < -0.39 is 0 Å². The summed E-state index contributed by atoms with van der Waals surface area (Å²) in [7, 11) is 0. The Balaban J connectivity index is 0.00000327. The van der Waals surface area contributed by atoms with Gasteiger partial charge in [0.2, 0.25) is 0 Å². The predicted octanol–water partition coefficient (Wildman–Crippen LogP) is 11.0. The van der Waals surface area contributed by atoms with Crippen molar-refractivity contribution in [1.82, 2.24) is 18.9 Å². The number of benzene rings is 5. The van der Waals surface area contributed by atoms with E-state index >= 15 is 0 Å². The minimum absolute atomic E-state index is 0. The average Bonchev–Trinajstić information content (AvgIpc) is 3.83. The summed E-state index contributed by atoms with van der Waals surface area (Å²) in [6, 6.07) is 40.6. The van der Waals surface area contributed by atoms with Crippen molar-refractivity contribution in [3.8, 4) is 17.3 Å². The van der Waals surface area contributed by atoms with Crippen LogP contribution < -0.4 is 4.74 Å². The molecule has 0 bridgehead atoms. The number of imidazole rings is 1. The number of aromatic nitrogens is 4. The fraction of sp³-hybridized carbons (Fsp3) is 0.136. The van der Waals surface area contributed by atoms with Crippen LogP contribution in [0.5, 0.6) is 11.5 Å². The van der Waals surface area contributed by atoms with Crippen LogP contribution in [0.3, 0.4) is 0 Å². The summed E-state index contributed by atoms with van der Waals surface area (Å²) in [5.74, 6) is 1.99. The second-order valence-corrected chi connectivity index (χ2v) is 14.5. The van der Waals surface area contributed by atoms with Crippen LogP contribution in [-0.4, -0.2) is 18.9 Å². The Kier molecular flexibility index (Phi) is 6.14. The first-order valence-corrected chi connectivity index (χ1v) is 17.0. The molecule has 7 heteroatoms. The zero-order valence-corrected chi connectivity index (χ0v) is 30.6. The number of pyridine rings is 2. The van der Waals surface area contributed by atoms with Gasteiger partial charge in [0.25, 0.3) is 0 Å². The summed E-state index contributed by atoms with van der Waals surface area (Å²) >= 11 is 0. The normalized spacial score (nSPS) is 14.8. The van der Waals surface area contributed by atoms with E-state index in [1.54, 1.807) is 6.20 Å². The number of ether oxygens (including phenoxy) is 1. The van der Waals surface area contributed by atoms with Crippen molar-refractivity contribution in [3.63, 3.8) is 0 Å².